The summed E-state index contributed by atoms with van der Waals surface area (Å²) in [6.07, 6.45) is 0.144. The smallest absolute Gasteiger partial charge is 0.549 e. The molecule has 0 aromatic rings. The van der Waals surface area contributed by atoms with Crippen LogP contribution in [0.3, 0.4) is 0 Å². The third kappa shape index (κ3) is 6.67. The second kappa shape index (κ2) is 6.89. The maximum Gasteiger partial charge on any atom is 1.00 e. The first-order valence-corrected chi connectivity index (χ1v) is 2.70. The van der Waals surface area contributed by atoms with E-state index in [4.69, 9.17) is 5.11 Å². The van der Waals surface area contributed by atoms with Crippen molar-refractivity contribution in [1.29, 1.82) is 0 Å². The van der Waals surface area contributed by atoms with Crippen molar-refractivity contribution < 1.29 is 44.6 Å². The van der Waals surface area contributed by atoms with E-state index >= 15 is 0 Å². The van der Waals surface area contributed by atoms with E-state index in [1.165, 1.54) is 0 Å². The molecule has 1 N–H and O–H groups in total. The Labute approximate surface area is 81.2 Å². The minimum absolute atomic E-state index is 0. The molecule has 0 bridgehead atoms. The van der Waals surface area contributed by atoms with Crippen molar-refractivity contribution in [3.8, 4) is 0 Å². The number of carboxylic acids is 1. The summed E-state index contributed by atoms with van der Waals surface area (Å²) in [5.74, 6) is -1.23. The van der Waals surface area contributed by atoms with E-state index in [1.807, 2.05) is 0 Å². The van der Waals surface area contributed by atoms with Crippen molar-refractivity contribution in [3.05, 3.63) is 0 Å². The number of thiol groups is 1. The van der Waals surface area contributed by atoms with Gasteiger partial charge in [0.15, 0.2) is 0 Å². The summed E-state index contributed by atoms with van der Waals surface area (Å²) in [5, 5.41) is 17.1. The average Bonchev–Trinajstić information content (AvgIpc) is 1.67. The molecule has 1 unspecified atom stereocenters. The van der Waals surface area contributed by atoms with Gasteiger partial charge in [0.2, 0.25) is 0 Å². The standard InChI is InChI=1S/C4H8O3S.Na/c5-2-1-3(8)4(6)7;/h3,5,8H,1-2H2,(H,6,7);/q;+1/p-1. The van der Waals surface area contributed by atoms with Crippen molar-refractivity contribution in [2.24, 2.45) is 0 Å². The van der Waals surface area contributed by atoms with E-state index in [-0.39, 0.29) is 42.6 Å². The fraction of sp³-hybridized carbons (Fsp3) is 0.750. The van der Waals surface area contributed by atoms with Crippen LogP contribution >= 0.6 is 12.6 Å². The van der Waals surface area contributed by atoms with Crippen molar-refractivity contribution in [2.75, 3.05) is 6.61 Å². The molecule has 0 aliphatic carbocycles. The molecule has 48 valence electrons. The van der Waals surface area contributed by atoms with Gasteiger partial charge in [-0.05, 0) is 6.42 Å². The fourth-order valence-electron chi connectivity index (χ4n) is 0.240. The first-order chi connectivity index (χ1) is 3.68. The number of hydrogen-bond acceptors (Lipinski definition) is 4. The molecule has 0 heterocycles. The zero-order valence-corrected chi connectivity index (χ0v) is 8.10. The molecule has 0 saturated heterocycles. The molecule has 0 amide bonds. The molecular formula is C4H7NaO3S. The predicted octanol–water partition coefficient (Wildman–Crippen LogP) is -4.58. The minimum atomic E-state index is -1.23. The largest absolute Gasteiger partial charge is 1.00 e. The Bertz CT molecular complexity index is 87.9. The van der Waals surface area contributed by atoms with E-state index < -0.39 is 11.2 Å². The molecule has 0 rings (SSSR count). The molecule has 0 fully saturated rings. The van der Waals surface area contributed by atoms with Crippen molar-refractivity contribution in [1.82, 2.24) is 0 Å². The zero-order valence-electron chi connectivity index (χ0n) is 5.20. The number of carbonyl (C=O) groups excluding carboxylic acids is 1. The van der Waals surface area contributed by atoms with E-state index in [1.54, 1.807) is 0 Å². The van der Waals surface area contributed by atoms with Gasteiger partial charge in [-0.15, -0.1) is 0 Å². The third-order valence-corrected chi connectivity index (χ3v) is 1.14. The van der Waals surface area contributed by atoms with Gasteiger partial charge in [-0.25, -0.2) is 0 Å². The van der Waals surface area contributed by atoms with Crippen LogP contribution in [0.2, 0.25) is 0 Å². The topological polar surface area (TPSA) is 60.4 Å². The van der Waals surface area contributed by atoms with E-state index in [0.717, 1.165) is 0 Å². The number of carboxylic acid groups (broad SMARTS) is 1. The van der Waals surface area contributed by atoms with Crippen molar-refractivity contribution in [3.63, 3.8) is 0 Å². The SMILES string of the molecule is O=C([O-])C(S)CCO.[Na+]. The summed E-state index contributed by atoms with van der Waals surface area (Å²) < 4.78 is 0. The van der Waals surface area contributed by atoms with Gasteiger partial charge in [0.05, 0.1) is 5.97 Å². The number of aliphatic carboxylic acids is 1. The van der Waals surface area contributed by atoms with Crippen LogP contribution in [0.4, 0.5) is 0 Å². The van der Waals surface area contributed by atoms with Crippen LogP contribution < -0.4 is 34.7 Å². The number of aliphatic hydroxyl groups excluding tert-OH is 1. The quantitative estimate of drug-likeness (QED) is 0.321. The van der Waals surface area contributed by atoms with Gasteiger partial charge in [-0.1, -0.05) is 0 Å². The van der Waals surface area contributed by atoms with Crippen LogP contribution in [-0.4, -0.2) is 22.9 Å². The van der Waals surface area contributed by atoms with E-state index in [2.05, 4.69) is 12.6 Å². The van der Waals surface area contributed by atoms with Crippen LogP contribution in [0.15, 0.2) is 0 Å². The zero-order chi connectivity index (χ0) is 6.57. The number of hydrogen-bond donors (Lipinski definition) is 2. The molecule has 0 aliphatic rings. The number of rotatable bonds is 3. The molecule has 0 aromatic carbocycles. The number of carbonyl (C=O) groups is 1. The van der Waals surface area contributed by atoms with Crippen LogP contribution in [0.1, 0.15) is 6.42 Å². The molecule has 0 spiro atoms. The van der Waals surface area contributed by atoms with Gasteiger partial charge in [-0.3, -0.25) is 0 Å². The molecule has 9 heavy (non-hydrogen) atoms. The van der Waals surface area contributed by atoms with Crippen LogP contribution in [0, 0.1) is 0 Å². The molecule has 3 nitrogen and oxygen atoms in total. The molecule has 0 aromatic heterocycles. The second-order valence-corrected chi connectivity index (χ2v) is 1.97. The average molecular weight is 158 g/mol. The molecule has 0 radical (unpaired) electrons. The summed E-state index contributed by atoms with van der Waals surface area (Å²) >= 11 is 3.58. The molecule has 0 aliphatic heterocycles. The second-order valence-electron chi connectivity index (χ2n) is 1.35. The normalized spacial score (nSPS) is 11.8. The maximum atomic E-state index is 9.79. The Kier molecular flexibility index (Phi) is 9.54. The summed E-state index contributed by atoms with van der Waals surface area (Å²) in [4.78, 5) is 9.79. The molecule has 5 heteroatoms. The van der Waals surface area contributed by atoms with Gasteiger partial charge in [-0.2, -0.15) is 12.6 Å². The molecule has 0 saturated carbocycles. The first kappa shape index (κ1) is 12.5. The molecular weight excluding hydrogens is 151 g/mol. The summed E-state index contributed by atoms with van der Waals surface area (Å²) in [6, 6.07) is 0. The first-order valence-electron chi connectivity index (χ1n) is 2.18. The maximum absolute atomic E-state index is 9.79. The Morgan fingerprint density at radius 2 is 2.22 bits per heavy atom. The Balaban J connectivity index is 0. The summed E-state index contributed by atoms with van der Waals surface area (Å²) in [5.41, 5.74) is 0. The monoisotopic (exact) mass is 158 g/mol. The van der Waals surface area contributed by atoms with Gasteiger partial charge < -0.3 is 15.0 Å². The third-order valence-electron chi connectivity index (χ3n) is 0.675. The Hall–Kier alpha value is 0.780. The van der Waals surface area contributed by atoms with Gasteiger partial charge in [0, 0.05) is 11.9 Å². The van der Waals surface area contributed by atoms with E-state index in [0.29, 0.717) is 0 Å². The fourth-order valence-corrected chi connectivity index (χ4v) is 0.356. The summed E-state index contributed by atoms with van der Waals surface area (Å²) in [6.45, 7) is -0.165. The van der Waals surface area contributed by atoms with Crippen molar-refractivity contribution >= 4 is 18.6 Å². The Morgan fingerprint density at radius 1 is 1.78 bits per heavy atom. The van der Waals surface area contributed by atoms with Crippen LogP contribution in [0.5, 0.6) is 0 Å². The Morgan fingerprint density at radius 3 is 2.33 bits per heavy atom. The summed E-state index contributed by atoms with van der Waals surface area (Å²) in [7, 11) is 0. The van der Waals surface area contributed by atoms with Gasteiger partial charge in [0.1, 0.15) is 0 Å². The number of aliphatic hydroxyl groups is 1. The minimum Gasteiger partial charge on any atom is -0.549 e. The predicted molar refractivity (Wildman–Crippen MR) is 29.5 cm³/mol. The van der Waals surface area contributed by atoms with Crippen LogP contribution in [0.25, 0.3) is 0 Å². The van der Waals surface area contributed by atoms with E-state index in [9.17, 15) is 9.90 Å². The molecule has 1 atom stereocenters. The van der Waals surface area contributed by atoms with Crippen molar-refractivity contribution in [2.45, 2.75) is 11.7 Å². The van der Waals surface area contributed by atoms with Gasteiger partial charge >= 0.3 is 29.6 Å². The van der Waals surface area contributed by atoms with Crippen LogP contribution in [-0.2, 0) is 4.79 Å². The van der Waals surface area contributed by atoms with Gasteiger partial charge in [0.25, 0.3) is 0 Å².